The van der Waals surface area contributed by atoms with Gasteiger partial charge in [-0.3, -0.25) is 4.99 Å². The number of rotatable bonds is 10. The number of para-hydroxylation sites is 1. The van der Waals surface area contributed by atoms with E-state index in [1.54, 1.807) is 7.05 Å². The van der Waals surface area contributed by atoms with Crippen molar-refractivity contribution in [3.8, 4) is 11.4 Å². The molecule has 7 nitrogen and oxygen atoms in total. The standard InChI is InChI=1S/C26H35N5O2/c1-6-32-14-15-33-25-16-19(2)12-13-22(25)17-28-26(27-5)29-18-24-20(3)30-31(21(24)4)23-10-8-7-9-11-23/h7-13,16H,6,14-15,17-18H2,1-5H3,(H2,27,28,29). The normalized spacial score (nSPS) is 11.5. The zero-order valence-corrected chi connectivity index (χ0v) is 20.3. The molecule has 0 radical (unpaired) electrons. The van der Waals surface area contributed by atoms with Crippen molar-refractivity contribution in [1.29, 1.82) is 0 Å². The lowest BCUT2D eigenvalue weighted by atomic mass is 10.1. The van der Waals surface area contributed by atoms with E-state index in [0.29, 0.717) is 32.9 Å². The van der Waals surface area contributed by atoms with Gasteiger partial charge in [-0.25, -0.2) is 4.68 Å². The molecule has 0 aliphatic carbocycles. The Bertz CT molecular complexity index is 1060. The molecule has 2 N–H and O–H groups in total. The molecule has 7 heteroatoms. The SMILES string of the molecule is CCOCCOc1cc(C)ccc1CNC(=NC)NCc1c(C)nn(-c2ccccc2)c1C. The molecule has 3 aromatic rings. The average molecular weight is 450 g/mol. The van der Waals surface area contributed by atoms with Crippen LogP contribution in [0, 0.1) is 20.8 Å². The zero-order chi connectivity index (χ0) is 23.6. The molecule has 0 fully saturated rings. The van der Waals surface area contributed by atoms with Crippen LogP contribution in [0.25, 0.3) is 5.69 Å². The van der Waals surface area contributed by atoms with Crippen LogP contribution in [-0.4, -0.2) is 42.6 Å². The molecule has 1 aromatic heterocycles. The number of nitrogens with zero attached hydrogens (tertiary/aromatic N) is 3. The number of aryl methyl sites for hydroxylation is 2. The minimum atomic E-state index is 0.529. The van der Waals surface area contributed by atoms with E-state index in [1.165, 1.54) is 0 Å². The molecule has 176 valence electrons. The van der Waals surface area contributed by atoms with Gasteiger partial charge >= 0.3 is 0 Å². The molecule has 0 aliphatic rings. The number of benzene rings is 2. The van der Waals surface area contributed by atoms with Crippen LogP contribution in [0.5, 0.6) is 5.75 Å². The molecule has 0 saturated carbocycles. The highest BCUT2D eigenvalue weighted by Gasteiger charge is 2.13. The van der Waals surface area contributed by atoms with E-state index in [-0.39, 0.29) is 0 Å². The third kappa shape index (κ3) is 6.58. The van der Waals surface area contributed by atoms with Crippen molar-refractivity contribution in [2.24, 2.45) is 4.99 Å². The van der Waals surface area contributed by atoms with E-state index in [2.05, 4.69) is 59.8 Å². The van der Waals surface area contributed by atoms with Gasteiger partial charge in [-0.2, -0.15) is 5.10 Å². The molecule has 33 heavy (non-hydrogen) atoms. The smallest absolute Gasteiger partial charge is 0.191 e. The number of aliphatic imine (C=N–C) groups is 1. The second-order valence-electron chi connectivity index (χ2n) is 7.83. The predicted octanol–water partition coefficient (Wildman–Crippen LogP) is 4.08. The summed E-state index contributed by atoms with van der Waals surface area (Å²) in [7, 11) is 1.77. The number of aromatic nitrogens is 2. The van der Waals surface area contributed by atoms with Crippen molar-refractivity contribution in [3.63, 3.8) is 0 Å². The molecule has 0 amide bonds. The first-order valence-corrected chi connectivity index (χ1v) is 11.4. The maximum atomic E-state index is 5.96. The number of guanidine groups is 1. The largest absolute Gasteiger partial charge is 0.491 e. The van der Waals surface area contributed by atoms with Gasteiger partial charge in [-0.1, -0.05) is 30.3 Å². The molecule has 0 bridgehead atoms. The van der Waals surface area contributed by atoms with Gasteiger partial charge < -0.3 is 20.1 Å². The highest BCUT2D eigenvalue weighted by molar-refractivity contribution is 5.79. The Morgan fingerprint density at radius 3 is 2.48 bits per heavy atom. The summed E-state index contributed by atoms with van der Waals surface area (Å²) in [5, 5.41) is 11.5. The fourth-order valence-electron chi connectivity index (χ4n) is 3.62. The summed E-state index contributed by atoms with van der Waals surface area (Å²) in [5.41, 5.74) is 6.58. The molecular weight excluding hydrogens is 414 g/mol. The van der Waals surface area contributed by atoms with Gasteiger partial charge in [0.15, 0.2) is 5.96 Å². The quantitative estimate of drug-likeness (QED) is 0.277. The molecular formula is C26H35N5O2. The van der Waals surface area contributed by atoms with E-state index in [0.717, 1.165) is 45.5 Å². The summed E-state index contributed by atoms with van der Waals surface area (Å²) in [4.78, 5) is 4.38. The first-order valence-electron chi connectivity index (χ1n) is 11.4. The van der Waals surface area contributed by atoms with Gasteiger partial charge in [0, 0.05) is 43.6 Å². The van der Waals surface area contributed by atoms with Gasteiger partial charge in [-0.15, -0.1) is 0 Å². The number of hydrogen-bond acceptors (Lipinski definition) is 4. The Morgan fingerprint density at radius 2 is 1.76 bits per heavy atom. The minimum absolute atomic E-state index is 0.529. The lowest BCUT2D eigenvalue weighted by Gasteiger charge is -2.16. The fourth-order valence-corrected chi connectivity index (χ4v) is 3.62. The van der Waals surface area contributed by atoms with Crippen LogP contribution in [0.15, 0.2) is 53.5 Å². The van der Waals surface area contributed by atoms with Crippen LogP contribution in [0.2, 0.25) is 0 Å². The molecule has 0 spiro atoms. The van der Waals surface area contributed by atoms with E-state index in [9.17, 15) is 0 Å². The summed E-state index contributed by atoms with van der Waals surface area (Å²) in [6, 6.07) is 16.4. The third-order valence-electron chi connectivity index (χ3n) is 5.46. The summed E-state index contributed by atoms with van der Waals surface area (Å²) < 4.78 is 13.3. The molecule has 1 heterocycles. The zero-order valence-electron chi connectivity index (χ0n) is 20.3. The van der Waals surface area contributed by atoms with E-state index < -0.39 is 0 Å². The summed E-state index contributed by atoms with van der Waals surface area (Å²) in [6.07, 6.45) is 0. The predicted molar refractivity (Wildman–Crippen MR) is 133 cm³/mol. The van der Waals surface area contributed by atoms with Crippen LogP contribution >= 0.6 is 0 Å². The Morgan fingerprint density at radius 1 is 1.00 bits per heavy atom. The van der Waals surface area contributed by atoms with Gasteiger partial charge in [0.1, 0.15) is 12.4 Å². The van der Waals surface area contributed by atoms with Crippen LogP contribution < -0.4 is 15.4 Å². The number of hydrogen-bond donors (Lipinski definition) is 2. The van der Waals surface area contributed by atoms with E-state index in [1.807, 2.05) is 36.7 Å². The molecule has 0 saturated heterocycles. The summed E-state index contributed by atoms with van der Waals surface area (Å²) >= 11 is 0. The molecule has 0 aliphatic heterocycles. The van der Waals surface area contributed by atoms with Crippen molar-refractivity contribution in [1.82, 2.24) is 20.4 Å². The van der Waals surface area contributed by atoms with Crippen LogP contribution in [0.3, 0.4) is 0 Å². The third-order valence-corrected chi connectivity index (χ3v) is 5.46. The van der Waals surface area contributed by atoms with E-state index >= 15 is 0 Å². The Balaban J connectivity index is 1.62. The second kappa shape index (κ2) is 12.1. The van der Waals surface area contributed by atoms with Crippen molar-refractivity contribution < 1.29 is 9.47 Å². The van der Waals surface area contributed by atoms with Gasteiger partial charge in [0.2, 0.25) is 0 Å². The average Bonchev–Trinajstić information content (AvgIpc) is 3.11. The maximum Gasteiger partial charge on any atom is 0.191 e. The van der Waals surface area contributed by atoms with Gasteiger partial charge in [-0.05, 0) is 51.5 Å². The number of nitrogens with one attached hydrogen (secondary N) is 2. The first-order chi connectivity index (χ1) is 16.0. The van der Waals surface area contributed by atoms with Crippen LogP contribution in [-0.2, 0) is 17.8 Å². The van der Waals surface area contributed by atoms with E-state index in [4.69, 9.17) is 14.6 Å². The Hall–Kier alpha value is -3.32. The van der Waals surface area contributed by atoms with Crippen LogP contribution in [0.4, 0.5) is 0 Å². The van der Waals surface area contributed by atoms with Gasteiger partial charge in [0.25, 0.3) is 0 Å². The molecule has 3 rings (SSSR count). The lowest BCUT2D eigenvalue weighted by molar-refractivity contribution is 0.110. The lowest BCUT2D eigenvalue weighted by Crippen LogP contribution is -2.36. The first kappa shape index (κ1) is 24.3. The minimum Gasteiger partial charge on any atom is -0.491 e. The van der Waals surface area contributed by atoms with Crippen molar-refractivity contribution >= 4 is 5.96 Å². The maximum absolute atomic E-state index is 5.96. The molecule has 2 aromatic carbocycles. The highest BCUT2D eigenvalue weighted by Crippen LogP contribution is 2.21. The number of ether oxygens (including phenoxy) is 2. The highest BCUT2D eigenvalue weighted by atomic mass is 16.5. The summed E-state index contributed by atoms with van der Waals surface area (Å²) in [6.45, 7) is 11.2. The second-order valence-corrected chi connectivity index (χ2v) is 7.83. The Kier molecular flexibility index (Phi) is 8.89. The van der Waals surface area contributed by atoms with Gasteiger partial charge in [0.05, 0.1) is 18.0 Å². The fraction of sp³-hybridized carbons (Fsp3) is 0.385. The molecule has 0 unspecified atom stereocenters. The topological polar surface area (TPSA) is 72.7 Å². The van der Waals surface area contributed by atoms with Crippen molar-refractivity contribution in [3.05, 3.63) is 76.6 Å². The Labute approximate surface area is 196 Å². The van der Waals surface area contributed by atoms with Crippen molar-refractivity contribution in [2.45, 2.75) is 40.8 Å². The monoisotopic (exact) mass is 449 g/mol. The van der Waals surface area contributed by atoms with Crippen LogP contribution in [0.1, 0.15) is 35.0 Å². The van der Waals surface area contributed by atoms with Crippen molar-refractivity contribution in [2.75, 3.05) is 26.9 Å². The molecule has 0 atom stereocenters. The summed E-state index contributed by atoms with van der Waals surface area (Å²) in [5.74, 6) is 1.59.